The molecule has 0 saturated carbocycles. The number of hydrogen-bond acceptors (Lipinski definition) is 5. The van der Waals surface area contributed by atoms with Crippen molar-refractivity contribution >= 4 is 48.0 Å². The van der Waals surface area contributed by atoms with E-state index < -0.39 is 9.84 Å². The second-order valence-electron chi connectivity index (χ2n) is 4.89. The van der Waals surface area contributed by atoms with Gasteiger partial charge in [-0.2, -0.15) is 0 Å². The number of rotatable bonds is 4. The third kappa shape index (κ3) is 3.61. The number of nitrogens with one attached hydrogen (secondary N) is 1. The van der Waals surface area contributed by atoms with Gasteiger partial charge in [0.2, 0.25) is 0 Å². The third-order valence-electron chi connectivity index (χ3n) is 2.80. The molecule has 0 saturated heterocycles. The van der Waals surface area contributed by atoms with E-state index in [1.54, 1.807) is 12.3 Å². The quantitative estimate of drug-likeness (QED) is 0.820. The van der Waals surface area contributed by atoms with E-state index >= 15 is 0 Å². The Labute approximate surface area is 126 Å². The zero-order valence-corrected chi connectivity index (χ0v) is 13.6. The zero-order valence-electron chi connectivity index (χ0n) is 11.2. The molecule has 3 N–H and O–H groups in total. The smallest absolute Gasteiger partial charge is 0.149 e. The number of halogens is 1. The molecular weight excluding hydrogens is 342 g/mol. The normalized spacial score (nSPS) is 13.3. The Morgan fingerprint density at radius 1 is 1.45 bits per heavy atom. The highest BCUT2D eigenvalue weighted by molar-refractivity contribution is 9.10. The fraction of sp³-hybridized carbons (Fsp3) is 0.308. The number of benzene rings is 1. The molecular formula is C13H16BrN3O2S. The highest BCUT2D eigenvalue weighted by Crippen LogP contribution is 2.29. The van der Waals surface area contributed by atoms with Gasteiger partial charge in [0.15, 0.2) is 0 Å². The number of aromatic nitrogens is 1. The minimum Gasteiger partial charge on any atom is -0.398 e. The fourth-order valence-corrected chi connectivity index (χ4v) is 3.42. The van der Waals surface area contributed by atoms with Gasteiger partial charge in [-0.3, -0.25) is 4.98 Å². The van der Waals surface area contributed by atoms with E-state index in [9.17, 15) is 8.42 Å². The van der Waals surface area contributed by atoms with Crippen LogP contribution in [0.4, 0.5) is 11.4 Å². The molecule has 20 heavy (non-hydrogen) atoms. The average molecular weight is 358 g/mol. The predicted octanol–water partition coefficient (Wildman–Crippen LogP) is 2.42. The van der Waals surface area contributed by atoms with Gasteiger partial charge in [-0.15, -0.1) is 0 Å². The minimum atomic E-state index is -3.03. The number of fused-ring (bicyclic) bond motifs is 1. The SMILES string of the molecule is CC(CS(C)(=O)=O)Nc1ccc(N)c2cc(Br)cnc12. The van der Waals surface area contributed by atoms with Crippen molar-refractivity contribution in [2.24, 2.45) is 0 Å². The first kappa shape index (κ1) is 15.1. The number of nitrogens with two attached hydrogens (primary N) is 1. The lowest BCUT2D eigenvalue weighted by atomic mass is 10.1. The van der Waals surface area contributed by atoms with Crippen LogP contribution in [0.25, 0.3) is 10.9 Å². The molecule has 108 valence electrons. The van der Waals surface area contributed by atoms with Crippen molar-refractivity contribution in [2.75, 3.05) is 23.1 Å². The number of hydrogen-bond donors (Lipinski definition) is 2. The van der Waals surface area contributed by atoms with Gasteiger partial charge in [0.1, 0.15) is 9.84 Å². The van der Waals surface area contributed by atoms with E-state index in [0.29, 0.717) is 5.69 Å². The van der Waals surface area contributed by atoms with Gasteiger partial charge in [0.05, 0.1) is 17.0 Å². The van der Waals surface area contributed by atoms with Crippen LogP contribution in [-0.2, 0) is 9.84 Å². The summed E-state index contributed by atoms with van der Waals surface area (Å²) in [6, 6.07) is 5.29. The van der Waals surface area contributed by atoms with Crippen molar-refractivity contribution in [3.05, 3.63) is 28.9 Å². The van der Waals surface area contributed by atoms with Crippen LogP contribution in [-0.4, -0.2) is 31.5 Å². The van der Waals surface area contributed by atoms with Crippen LogP contribution < -0.4 is 11.1 Å². The molecule has 2 rings (SSSR count). The second kappa shape index (κ2) is 5.57. The summed E-state index contributed by atoms with van der Waals surface area (Å²) in [7, 11) is -3.03. The Balaban J connectivity index is 2.38. The van der Waals surface area contributed by atoms with Gasteiger partial charge in [0, 0.05) is 34.0 Å². The van der Waals surface area contributed by atoms with Gasteiger partial charge in [-0.25, -0.2) is 8.42 Å². The minimum absolute atomic E-state index is 0.0649. The molecule has 2 aromatic rings. The van der Waals surface area contributed by atoms with Crippen LogP contribution in [0.15, 0.2) is 28.9 Å². The molecule has 0 spiro atoms. The maximum absolute atomic E-state index is 11.3. The van der Waals surface area contributed by atoms with Crippen LogP contribution in [0.1, 0.15) is 6.92 Å². The molecule has 1 unspecified atom stereocenters. The van der Waals surface area contributed by atoms with E-state index in [1.807, 2.05) is 19.1 Å². The van der Waals surface area contributed by atoms with Crippen molar-refractivity contribution < 1.29 is 8.42 Å². The highest BCUT2D eigenvalue weighted by atomic mass is 79.9. The molecule has 0 amide bonds. The molecule has 0 bridgehead atoms. The Morgan fingerprint density at radius 3 is 2.80 bits per heavy atom. The molecule has 5 nitrogen and oxygen atoms in total. The van der Waals surface area contributed by atoms with Gasteiger partial charge in [-0.1, -0.05) is 0 Å². The number of nitrogens with zero attached hydrogens (tertiary/aromatic N) is 1. The summed E-state index contributed by atoms with van der Waals surface area (Å²) >= 11 is 3.36. The summed E-state index contributed by atoms with van der Waals surface area (Å²) in [5.41, 5.74) is 8.08. The Morgan fingerprint density at radius 2 is 2.15 bits per heavy atom. The summed E-state index contributed by atoms with van der Waals surface area (Å²) in [4.78, 5) is 4.35. The van der Waals surface area contributed by atoms with Crippen LogP contribution in [0, 0.1) is 0 Å². The molecule has 0 aliphatic rings. The van der Waals surface area contributed by atoms with E-state index in [2.05, 4.69) is 26.2 Å². The second-order valence-corrected chi connectivity index (χ2v) is 7.99. The molecule has 1 atom stereocenters. The van der Waals surface area contributed by atoms with Crippen molar-refractivity contribution in [1.82, 2.24) is 4.98 Å². The molecule has 1 heterocycles. The summed E-state index contributed by atoms with van der Waals surface area (Å²) in [6.45, 7) is 1.82. The van der Waals surface area contributed by atoms with E-state index in [4.69, 9.17) is 5.73 Å². The van der Waals surface area contributed by atoms with Crippen molar-refractivity contribution in [3.8, 4) is 0 Å². The Hall–Kier alpha value is -1.34. The van der Waals surface area contributed by atoms with Crippen LogP contribution in [0.3, 0.4) is 0 Å². The summed E-state index contributed by atoms with van der Waals surface area (Å²) in [5, 5.41) is 4.01. The van der Waals surface area contributed by atoms with Gasteiger partial charge >= 0.3 is 0 Å². The van der Waals surface area contributed by atoms with Crippen molar-refractivity contribution in [1.29, 1.82) is 0 Å². The summed E-state index contributed by atoms with van der Waals surface area (Å²) < 4.78 is 23.5. The third-order valence-corrected chi connectivity index (χ3v) is 4.34. The first-order valence-corrected chi connectivity index (χ1v) is 8.89. The average Bonchev–Trinajstić information content (AvgIpc) is 2.30. The largest absolute Gasteiger partial charge is 0.398 e. The highest BCUT2D eigenvalue weighted by Gasteiger charge is 2.13. The Bertz CT molecular complexity index is 747. The first-order valence-electron chi connectivity index (χ1n) is 6.04. The molecule has 0 aliphatic carbocycles. The lowest BCUT2D eigenvalue weighted by molar-refractivity contribution is 0.598. The van der Waals surface area contributed by atoms with Gasteiger partial charge in [0.25, 0.3) is 0 Å². The predicted molar refractivity (Wildman–Crippen MR) is 86.7 cm³/mol. The van der Waals surface area contributed by atoms with Gasteiger partial charge < -0.3 is 11.1 Å². The molecule has 7 heteroatoms. The van der Waals surface area contributed by atoms with Crippen LogP contribution in [0.5, 0.6) is 0 Å². The van der Waals surface area contributed by atoms with Crippen molar-refractivity contribution in [3.63, 3.8) is 0 Å². The molecule has 1 aromatic heterocycles. The zero-order chi connectivity index (χ0) is 14.9. The molecule has 1 aromatic carbocycles. The molecule has 0 radical (unpaired) electrons. The standard InChI is InChI=1S/C13H16BrN3O2S/c1-8(7-20(2,18)19)17-12-4-3-11(15)10-5-9(14)6-16-13(10)12/h3-6,8,17H,7,15H2,1-2H3. The molecule has 0 aliphatic heterocycles. The van der Waals surface area contributed by atoms with Gasteiger partial charge in [-0.05, 0) is 41.1 Å². The molecule has 0 fully saturated rings. The van der Waals surface area contributed by atoms with Crippen LogP contribution >= 0.6 is 15.9 Å². The van der Waals surface area contributed by atoms with Crippen LogP contribution in [0.2, 0.25) is 0 Å². The lowest BCUT2D eigenvalue weighted by Crippen LogP contribution is -2.25. The monoisotopic (exact) mass is 357 g/mol. The summed E-state index contributed by atoms with van der Waals surface area (Å²) in [5.74, 6) is 0.0649. The topological polar surface area (TPSA) is 85.1 Å². The summed E-state index contributed by atoms with van der Waals surface area (Å²) in [6.07, 6.45) is 2.91. The van der Waals surface area contributed by atoms with E-state index in [1.165, 1.54) is 6.26 Å². The fourth-order valence-electron chi connectivity index (χ4n) is 2.09. The number of anilines is 2. The Kier molecular flexibility index (Phi) is 4.19. The number of pyridine rings is 1. The maximum atomic E-state index is 11.3. The van der Waals surface area contributed by atoms with E-state index in [0.717, 1.165) is 21.1 Å². The maximum Gasteiger partial charge on any atom is 0.149 e. The first-order chi connectivity index (χ1) is 9.26. The van der Waals surface area contributed by atoms with Crippen molar-refractivity contribution in [2.45, 2.75) is 13.0 Å². The number of nitrogen functional groups attached to an aromatic ring is 1. The van der Waals surface area contributed by atoms with E-state index in [-0.39, 0.29) is 11.8 Å². The lowest BCUT2D eigenvalue weighted by Gasteiger charge is -2.16. The number of sulfone groups is 1.